The maximum Gasteiger partial charge on any atom is 0.494 e. The highest BCUT2D eigenvalue weighted by Gasteiger charge is 2.51. The molecule has 2 fully saturated rings. The van der Waals surface area contributed by atoms with Crippen molar-refractivity contribution >= 4 is 12.6 Å². The minimum atomic E-state index is -0.329. The van der Waals surface area contributed by atoms with Crippen LogP contribution in [0.15, 0.2) is 35.1 Å². The summed E-state index contributed by atoms with van der Waals surface area (Å²) in [5, 5.41) is 4.26. The Kier molecular flexibility index (Phi) is 4.48. The lowest BCUT2D eigenvalue weighted by atomic mass is 9.78. The Hall–Kier alpha value is -1.59. The van der Waals surface area contributed by atoms with Crippen LogP contribution in [0.1, 0.15) is 52.7 Å². The van der Waals surface area contributed by atoms with Crippen molar-refractivity contribution in [2.75, 3.05) is 0 Å². The van der Waals surface area contributed by atoms with E-state index in [4.69, 9.17) is 13.8 Å². The fraction of sp³-hybridized carbons (Fsp3) is 0.524. The average Bonchev–Trinajstić information content (AvgIpc) is 3.30. The summed E-state index contributed by atoms with van der Waals surface area (Å²) in [6.07, 6.45) is 8.80. The minimum absolute atomic E-state index is 0.323. The van der Waals surface area contributed by atoms with Gasteiger partial charge in [0.2, 0.25) is 0 Å². The number of rotatable bonds is 4. The van der Waals surface area contributed by atoms with E-state index in [0.29, 0.717) is 5.92 Å². The van der Waals surface area contributed by atoms with Crippen molar-refractivity contribution in [3.05, 3.63) is 42.6 Å². The molecule has 2 heterocycles. The molecule has 0 bridgehead atoms. The van der Waals surface area contributed by atoms with Crippen molar-refractivity contribution in [3.8, 4) is 11.1 Å². The van der Waals surface area contributed by atoms with Crippen LogP contribution < -0.4 is 5.46 Å². The van der Waals surface area contributed by atoms with Crippen molar-refractivity contribution in [1.29, 1.82) is 0 Å². The standard InChI is InChI=1S/C21H27BNO3/c1-20(2)21(3,4)26-22(25-20)17-11-9-16(10-12-17)18-14-24-23-19(18)13-15-7-5-6-8-15/h5,9-12,14-15H,6-8,13H2,1-4H3. The van der Waals surface area contributed by atoms with Crippen LogP contribution >= 0.6 is 0 Å². The van der Waals surface area contributed by atoms with Crippen molar-refractivity contribution in [2.45, 2.75) is 64.6 Å². The van der Waals surface area contributed by atoms with E-state index in [0.717, 1.165) is 28.7 Å². The van der Waals surface area contributed by atoms with E-state index >= 15 is 0 Å². The van der Waals surface area contributed by atoms with Gasteiger partial charge in [0.05, 0.1) is 16.9 Å². The van der Waals surface area contributed by atoms with Crippen LogP contribution in [0, 0.1) is 12.3 Å². The number of benzene rings is 1. The first-order chi connectivity index (χ1) is 12.4. The third kappa shape index (κ3) is 3.23. The second-order valence-corrected chi connectivity index (χ2v) is 8.56. The first kappa shape index (κ1) is 17.8. The Balaban J connectivity index is 1.51. The first-order valence-electron chi connectivity index (χ1n) is 9.57. The van der Waals surface area contributed by atoms with Gasteiger partial charge in [-0.25, -0.2) is 0 Å². The molecule has 5 heteroatoms. The first-order valence-corrected chi connectivity index (χ1v) is 9.57. The SMILES string of the molecule is CC1(C)OB(c2ccc(-c3conc3CC3C[CH]CC3)cc2)OC1(C)C. The third-order valence-corrected chi connectivity index (χ3v) is 6.15. The molecule has 4 nitrogen and oxygen atoms in total. The predicted molar refractivity (Wildman–Crippen MR) is 103 cm³/mol. The maximum absolute atomic E-state index is 6.14. The predicted octanol–water partition coefficient (Wildman–Crippen LogP) is 4.19. The molecule has 4 rings (SSSR count). The largest absolute Gasteiger partial charge is 0.494 e. The van der Waals surface area contributed by atoms with Crippen LogP contribution in [0.5, 0.6) is 0 Å². The summed E-state index contributed by atoms with van der Waals surface area (Å²) >= 11 is 0. The molecule has 1 aliphatic carbocycles. The van der Waals surface area contributed by atoms with E-state index in [2.05, 4.69) is 63.5 Å². The monoisotopic (exact) mass is 352 g/mol. The molecule has 1 aromatic heterocycles. The molecular formula is C21H27BNO3. The lowest BCUT2D eigenvalue weighted by molar-refractivity contribution is 0.00578. The zero-order valence-electron chi connectivity index (χ0n) is 16.1. The van der Waals surface area contributed by atoms with Crippen LogP contribution in [0.3, 0.4) is 0 Å². The quantitative estimate of drug-likeness (QED) is 0.774. The molecular weight excluding hydrogens is 325 g/mol. The number of nitrogens with zero attached hydrogens (tertiary/aromatic N) is 1. The third-order valence-electron chi connectivity index (χ3n) is 6.15. The van der Waals surface area contributed by atoms with Gasteiger partial charge in [-0.1, -0.05) is 29.4 Å². The normalized spacial score (nSPS) is 22.2. The van der Waals surface area contributed by atoms with Crippen molar-refractivity contribution in [1.82, 2.24) is 5.16 Å². The van der Waals surface area contributed by atoms with E-state index in [1.165, 1.54) is 19.3 Å². The van der Waals surface area contributed by atoms with Crippen LogP contribution in [-0.4, -0.2) is 23.5 Å². The van der Waals surface area contributed by atoms with Gasteiger partial charge in [-0.3, -0.25) is 0 Å². The van der Waals surface area contributed by atoms with Crippen molar-refractivity contribution in [2.24, 2.45) is 5.92 Å². The molecule has 1 unspecified atom stereocenters. The van der Waals surface area contributed by atoms with Crippen LogP contribution in [0.4, 0.5) is 0 Å². The van der Waals surface area contributed by atoms with E-state index in [9.17, 15) is 0 Å². The van der Waals surface area contributed by atoms with Gasteiger partial charge in [-0.2, -0.15) is 0 Å². The molecule has 1 radical (unpaired) electrons. The average molecular weight is 352 g/mol. The maximum atomic E-state index is 6.14. The van der Waals surface area contributed by atoms with Gasteiger partial charge in [0.15, 0.2) is 0 Å². The van der Waals surface area contributed by atoms with E-state index in [1.54, 1.807) is 6.26 Å². The van der Waals surface area contributed by atoms with Gasteiger partial charge in [0, 0.05) is 5.56 Å². The molecule has 0 amide bonds. The summed E-state index contributed by atoms with van der Waals surface area (Å²) in [7, 11) is -0.329. The highest BCUT2D eigenvalue weighted by Crippen LogP contribution is 2.37. The minimum Gasteiger partial charge on any atom is -0.399 e. The van der Waals surface area contributed by atoms with Crippen molar-refractivity contribution < 1.29 is 13.8 Å². The Morgan fingerprint density at radius 1 is 1.08 bits per heavy atom. The number of aromatic nitrogens is 1. The zero-order valence-corrected chi connectivity index (χ0v) is 16.1. The van der Waals surface area contributed by atoms with Gasteiger partial charge in [-0.05, 0) is 76.7 Å². The Morgan fingerprint density at radius 2 is 1.77 bits per heavy atom. The van der Waals surface area contributed by atoms with Crippen LogP contribution in [0.25, 0.3) is 11.1 Å². The molecule has 2 aliphatic rings. The summed E-state index contributed by atoms with van der Waals surface area (Å²) in [5.74, 6) is 0.697. The van der Waals surface area contributed by atoms with E-state index < -0.39 is 0 Å². The molecule has 1 aliphatic heterocycles. The van der Waals surface area contributed by atoms with Gasteiger partial charge >= 0.3 is 7.12 Å². The summed E-state index contributed by atoms with van der Waals surface area (Å²) in [4.78, 5) is 0. The summed E-state index contributed by atoms with van der Waals surface area (Å²) in [6, 6.07) is 8.38. The molecule has 26 heavy (non-hydrogen) atoms. The second-order valence-electron chi connectivity index (χ2n) is 8.56. The fourth-order valence-electron chi connectivity index (χ4n) is 3.72. The molecule has 0 spiro atoms. The van der Waals surface area contributed by atoms with Crippen molar-refractivity contribution in [3.63, 3.8) is 0 Å². The Bertz CT molecular complexity index is 744. The van der Waals surface area contributed by atoms with Gasteiger partial charge in [-0.15, -0.1) is 0 Å². The lowest BCUT2D eigenvalue weighted by Crippen LogP contribution is -2.41. The molecule has 0 N–H and O–H groups in total. The summed E-state index contributed by atoms with van der Waals surface area (Å²) in [6.45, 7) is 8.30. The zero-order chi connectivity index (χ0) is 18.4. The molecule has 1 saturated heterocycles. The lowest BCUT2D eigenvalue weighted by Gasteiger charge is -2.32. The molecule has 1 saturated carbocycles. The number of hydrogen-bond acceptors (Lipinski definition) is 4. The Morgan fingerprint density at radius 3 is 2.38 bits per heavy atom. The van der Waals surface area contributed by atoms with Gasteiger partial charge in [0.25, 0.3) is 0 Å². The molecule has 1 atom stereocenters. The molecule has 137 valence electrons. The highest BCUT2D eigenvalue weighted by atomic mass is 16.7. The second kappa shape index (κ2) is 6.54. The van der Waals surface area contributed by atoms with E-state index in [1.807, 2.05) is 0 Å². The van der Waals surface area contributed by atoms with E-state index in [-0.39, 0.29) is 18.3 Å². The molecule has 1 aromatic carbocycles. The van der Waals surface area contributed by atoms with Crippen LogP contribution in [-0.2, 0) is 15.7 Å². The highest BCUT2D eigenvalue weighted by molar-refractivity contribution is 6.62. The Labute approximate surface area is 156 Å². The van der Waals surface area contributed by atoms with Crippen LogP contribution in [0.2, 0.25) is 0 Å². The number of hydrogen-bond donors (Lipinski definition) is 0. The smallest absolute Gasteiger partial charge is 0.399 e. The van der Waals surface area contributed by atoms with Gasteiger partial charge < -0.3 is 13.8 Å². The summed E-state index contributed by atoms with van der Waals surface area (Å²) in [5.41, 5.74) is 3.68. The topological polar surface area (TPSA) is 44.5 Å². The van der Waals surface area contributed by atoms with Gasteiger partial charge in [0.1, 0.15) is 6.26 Å². The molecule has 2 aromatic rings. The summed E-state index contributed by atoms with van der Waals surface area (Å²) < 4.78 is 17.6. The fourth-order valence-corrected chi connectivity index (χ4v) is 3.72.